The summed E-state index contributed by atoms with van der Waals surface area (Å²) in [6, 6.07) is 7.98. The van der Waals surface area contributed by atoms with Gasteiger partial charge in [-0.2, -0.15) is 0 Å². The first kappa shape index (κ1) is 19.1. The van der Waals surface area contributed by atoms with Gasteiger partial charge in [-0.1, -0.05) is 26.0 Å². The highest BCUT2D eigenvalue weighted by atomic mass is 32.2. The Balaban J connectivity index is 2.10. The molecule has 0 atom stereocenters. The Hall–Kier alpha value is -1.24. The summed E-state index contributed by atoms with van der Waals surface area (Å²) in [6.07, 6.45) is 5.85. The van der Waals surface area contributed by atoms with E-state index in [2.05, 4.69) is 18.7 Å². The molecule has 1 heterocycles. The summed E-state index contributed by atoms with van der Waals surface area (Å²) in [4.78, 5) is 30.0. The number of carbonyl (C=O) groups excluding carboxylic acids is 2. The van der Waals surface area contributed by atoms with Gasteiger partial charge in [0.1, 0.15) is 0 Å². The van der Waals surface area contributed by atoms with Crippen LogP contribution in [0.3, 0.4) is 0 Å². The molecule has 0 aliphatic carbocycles. The third-order valence-electron chi connectivity index (χ3n) is 3.71. The highest BCUT2D eigenvalue weighted by Crippen LogP contribution is 2.32. The number of hydrogen-bond donors (Lipinski definition) is 0. The number of nitrogens with zero attached hydrogens (tertiary/aromatic N) is 2. The number of rotatable bonds is 8. The summed E-state index contributed by atoms with van der Waals surface area (Å²) in [5, 5.41) is -0.177. The monoisotopic (exact) mass is 364 g/mol. The second-order valence-corrected chi connectivity index (χ2v) is 7.52. The number of thioether (sulfide) groups is 2. The lowest BCUT2D eigenvalue weighted by atomic mass is 10.2. The van der Waals surface area contributed by atoms with Crippen molar-refractivity contribution in [2.75, 3.05) is 26.0 Å². The van der Waals surface area contributed by atoms with Crippen LogP contribution in [0.15, 0.2) is 34.1 Å². The molecule has 2 amide bonds. The summed E-state index contributed by atoms with van der Waals surface area (Å²) in [5.41, 5.74) is 0.942. The van der Waals surface area contributed by atoms with Crippen LogP contribution < -0.4 is 0 Å². The van der Waals surface area contributed by atoms with Crippen LogP contribution in [0.4, 0.5) is 4.79 Å². The van der Waals surface area contributed by atoms with E-state index >= 15 is 0 Å². The molecule has 0 spiro atoms. The van der Waals surface area contributed by atoms with E-state index in [1.54, 1.807) is 17.8 Å². The molecule has 0 N–H and O–H groups in total. The van der Waals surface area contributed by atoms with Gasteiger partial charge in [0.25, 0.3) is 11.1 Å². The normalized spacial score (nSPS) is 16.7. The maximum atomic E-state index is 12.6. The molecule has 0 aromatic heterocycles. The van der Waals surface area contributed by atoms with Crippen LogP contribution >= 0.6 is 23.5 Å². The standard InChI is InChI=1S/C18H24N2O2S2/c1-4-10-19(11-5-2)13-20-17(21)16(24-18(20)22)12-14-6-8-15(23-3)9-7-14/h6-9,12H,4-5,10-11,13H2,1-3H3. The van der Waals surface area contributed by atoms with Gasteiger partial charge in [0.2, 0.25) is 0 Å². The van der Waals surface area contributed by atoms with Crippen molar-refractivity contribution in [2.45, 2.75) is 31.6 Å². The van der Waals surface area contributed by atoms with Crippen LogP contribution in [0.25, 0.3) is 6.08 Å². The summed E-state index contributed by atoms with van der Waals surface area (Å²) < 4.78 is 0. The fraction of sp³-hybridized carbons (Fsp3) is 0.444. The van der Waals surface area contributed by atoms with Crippen molar-refractivity contribution >= 4 is 40.7 Å². The van der Waals surface area contributed by atoms with Crippen molar-refractivity contribution in [1.29, 1.82) is 0 Å². The minimum absolute atomic E-state index is 0.177. The molecule has 1 fully saturated rings. The van der Waals surface area contributed by atoms with Crippen molar-refractivity contribution in [3.63, 3.8) is 0 Å². The Kier molecular flexibility index (Phi) is 7.40. The number of imide groups is 1. The average molecular weight is 365 g/mol. The third kappa shape index (κ3) is 4.88. The van der Waals surface area contributed by atoms with Crippen molar-refractivity contribution in [3.8, 4) is 0 Å². The molecule has 1 aliphatic rings. The quantitative estimate of drug-likeness (QED) is 0.501. The number of amides is 2. The molecular weight excluding hydrogens is 340 g/mol. The summed E-state index contributed by atoms with van der Waals surface area (Å²) in [5.74, 6) is -0.184. The molecule has 6 heteroatoms. The minimum atomic E-state index is -0.184. The van der Waals surface area contributed by atoms with Crippen LogP contribution in [0.5, 0.6) is 0 Å². The van der Waals surface area contributed by atoms with E-state index < -0.39 is 0 Å². The Morgan fingerprint density at radius 3 is 2.29 bits per heavy atom. The molecule has 0 bridgehead atoms. The SMILES string of the molecule is CCCN(CCC)CN1C(=O)SC(=Cc2ccc(SC)cc2)C1=O. The zero-order valence-corrected chi connectivity index (χ0v) is 16.1. The molecule has 0 saturated carbocycles. The predicted octanol–water partition coefficient (Wildman–Crippen LogP) is 4.52. The Morgan fingerprint density at radius 1 is 1.12 bits per heavy atom. The lowest BCUT2D eigenvalue weighted by molar-refractivity contribution is -0.124. The summed E-state index contributed by atoms with van der Waals surface area (Å²) in [6.45, 7) is 6.38. The van der Waals surface area contributed by atoms with Crippen LogP contribution in [0, 0.1) is 0 Å². The maximum absolute atomic E-state index is 12.6. The summed E-state index contributed by atoms with van der Waals surface area (Å²) in [7, 11) is 0. The highest BCUT2D eigenvalue weighted by Gasteiger charge is 2.35. The third-order valence-corrected chi connectivity index (χ3v) is 5.36. The lowest BCUT2D eigenvalue weighted by Crippen LogP contribution is -2.41. The minimum Gasteiger partial charge on any atom is -0.286 e. The van der Waals surface area contributed by atoms with Crippen LogP contribution in [0.1, 0.15) is 32.3 Å². The zero-order valence-electron chi connectivity index (χ0n) is 14.4. The molecule has 0 radical (unpaired) electrons. The maximum Gasteiger partial charge on any atom is 0.294 e. The molecule has 0 unspecified atom stereocenters. The van der Waals surface area contributed by atoms with E-state index in [1.807, 2.05) is 30.5 Å². The Morgan fingerprint density at radius 2 is 1.75 bits per heavy atom. The van der Waals surface area contributed by atoms with Gasteiger partial charge >= 0.3 is 0 Å². The van der Waals surface area contributed by atoms with Gasteiger partial charge in [-0.05, 0) is 67.7 Å². The largest absolute Gasteiger partial charge is 0.294 e. The number of carbonyl (C=O) groups is 2. The molecule has 130 valence electrons. The molecule has 4 nitrogen and oxygen atoms in total. The predicted molar refractivity (Wildman–Crippen MR) is 103 cm³/mol. The van der Waals surface area contributed by atoms with Gasteiger partial charge in [0, 0.05) is 4.90 Å². The molecule has 2 rings (SSSR count). The van der Waals surface area contributed by atoms with Crippen molar-refractivity contribution in [3.05, 3.63) is 34.7 Å². The molecule has 1 aromatic rings. The van der Waals surface area contributed by atoms with Crippen LogP contribution in [0.2, 0.25) is 0 Å². The smallest absolute Gasteiger partial charge is 0.286 e. The van der Waals surface area contributed by atoms with E-state index in [9.17, 15) is 9.59 Å². The number of benzene rings is 1. The van der Waals surface area contributed by atoms with Crippen molar-refractivity contribution in [2.24, 2.45) is 0 Å². The Labute approximate surface area is 152 Å². The van der Waals surface area contributed by atoms with Gasteiger partial charge in [-0.3, -0.25) is 19.4 Å². The lowest BCUT2D eigenvalue weighted by Gasteiger charge is -2.25. The second-order valence-electron chi connectivity index (χ2n) is 5.64. The van der Waals surface area contributed by atoms with Crippen LogP contribution in [-0.4, -0.2) is 47.0 Å². The molecule has 1 saturated heterocycles. The number of hydrogen-bond acceptors (Lipinski definition) is 5. The first-order valence-electron chi connectivity index (χ1n) is 8.20. The van der Waals surface area contributed by atoms with Crippen LogP contribution in [-0.2, 0) is 4.79 Å². The van der Waals surface area contributed by atoms with Gasteiger partial charge in [0.15, 0.2) is 0 Å². The summed E-state index contributed by atoms with van der Waals surface area (Å²) >= 11 is 2.71. The van der Waals surface area contributed by atoms with E-state index in [0.717, 1.165) is 43.3 Å². The fourth-order valence-corrected chi connectivity index (χ4v) is 3.80. The topological polar surface area (TPSA) is 40.6 Å². The zero-order chi connectivity index (χ0) is 17.5. The average Bonchev–Trinajstić information content (AvgIpc) is 2.83. The van der Waals surface area contributed by atoms with E-state index in [4.69, 9.17) is 0 Å². The van der Waals surface area contributed by atoms with Gasteiger partial charge in [-0.15, -0.1) is 11.8 Å². The van der Waals surface area contributed by atoms with E-state index in [-0.39, 0.29) is 11.1 Å². The van der Waals surface area contributed by atoms with E-state index in [1.165, 1.54) is 9.80 Å². The fourth-order valence-electron chi connectivity index (χ4n) is 2.56. The second kappa shape index (κ2) is 9.30. The van der Waals surface area contributed by atoms with Gasteiger partial charge in [-0.25, -0.2) is 0 Å². The highest BCUT2D eigenvalue weighted by molar-refractivity contribution is 8.18. The van der Waals surface area contributed by atoms with Gasteiger partial charge in [0.05, 0.1) is 11.6 Å². The molecule has 24 heavy (non-hydrogen) atoms. The van der Waals surface area contributed by atoms with Crippen molar-refractivity contribution < 1.29 is 9.59 Å². The van der Waals surface area contributed by atoms with Gasteiger partial charge < -0.3 is 0 Å². The molecular formula is C18H24N2O2S2. The molecule has 1 aliphatic heterocycles. The Bertz CT molecular complexity index is 608. The van der Waals surface area contributed by atoms with Crippen molar-refractivity contribution in [1.82, 2.24) is 9.80 Å². The van der Waals surface area contributed by atoms with E-state index in [0.29, 0.717) is 11.6 Å². The molecule has 1 aromatic carbocycles. The first-order valence-corrected chi connectivity index (χ1v) is 10.2. The first-order chi connectivity index (χ1) is 11.6.